The highest BCUT2D eigenvalue weighted by molar-refractivity contribution is 7.99. The van der Waals surface area contributed by atoms with Crippen LogP contribution < -0.4 is 4.74 Å². The Morgan fingerprint density at radius 1 is 1.33 bits per heavy atom. The molecule has 108 valence electrons. The van der Waals surface area contributed by atoms with E-state index in [0.29, 0.717) is 18.3 Å². The summed E-state index contributed by atoms with van der Waals surface area (Å²) in [5, 5.41) is 10.9. The average Bonchev–Trinajstić information content (AvgIpc) is 2.89. The summed E-state index contributed by atoms with van der Waals surface area (Å²) < 4.78 is 5.74. The molecule has 0 amide bonds. The van der Waals surface area contributed by atoms with E-state index in [1.165, 1.54) is 22.6 Å². The van der Waals surface area contributed by atoms with E-state index < -0.39 is 4.92 Å². The zero-order valence-corrected chi connectivity index (χ0v) is 12.6. The minimum absolute atomic E-state index is 0.0332. The maximum Gasteiger partial charge on any atom is 0.271 e. The topological polar surface area (TPSA) is 52.4 Å². The van der Waals surface area contributed by atoms with Gasteiger partial charge in [0.2, 0.25) is 0 Å². The zero-order valence-electron chi connectivity index (χ0n) is 11.0. The molecule has 0 saturated carbocycles. The molecule has 4 nitrogen and oxygen atoms in total. The van der Waals surface area contributed by atoms with Crippen LogP contribution in [0.25, 0.3) is 0 Å². The number of rotatable bonds is 4. The second-order valence-electron chi connectivity index (χ2n) is 4.73. The quantitative estimate of drug-likeness (QED) is 0.614. The van der Waals surface area contributed by atoms with Crippen LogP contribution in [0.3, 0.4) is 0 Å². The standard InChI is InChI=1S/C15H12ClNO3S/c16-13-7-11(17(18)19)5-6-14(13)20-8-10-9-21-15-4-2-1-3-12(10)15/h1-7,10H,8-9H2. The molecule has 1 heterocycles. The number of ether oxygens (including phenoxy) is 1. The summed E-state index contributed by atoms with van der Waals surface area (Å²) in [6.07, 6.45) is 0. The van der Waals surface area contributed by atoms with Gasteiger partial charge in [-0.05, 0) is 17.7 Å². The van der Waals surface area contributed by atoms with E-state index in [-0.39, 0.29) is 10.7 Å². The van der Waals surface area contributed by atoms with E-state index in [1.807, 2.05) is 23.9 Å². The lowest BCUT2D eigenvalue weighted by Crippen LogP contribution is -2.10. The summed E-state index contributed by atoms with van der Waals surface area (Å²) in [6, 6.07) is 12.5. The lowest BCUT2D eigenvalue weighted by atomic mass is 10.0. The number of non-ortho nitro benzene ring substituents is 1. The molecule has 0 aromatic heterocycles. The average molecular weight is 322 g/mol. The van der Waals surface area contributed by atoms with Crippen molar-refractivity contribution in [2.75, 3.05) is 12.4 Å². The number of hydrogen-bond donors (Lipinski definition) is 0. The van der Waals surface area contributed by atoms with Crippen LogP contribution in [-0.4, -0.2) is 17.3 Å². The van der Waals surface area contributed by atoms with Crippen molar-refractivity contribution in [2.24, 2.45) is 0 Å². The first-order valence-electron chi connectivity index (χ1n) is 6.43. The molecule has 0 spiro atoms. The molecule has 0 fully saturated rings. The summed E-state index contributed by atoms with van der Waals surface area (Å²) in [5.74, 6) is 1.78. The summed E-state index contributed by atoms with van der Waals surface area (Å²) >= 11 is 7.84. The van der Waals surface area contributed by atoms with Gasteiger partial charge in [-0.25, -0.2) is 0 Å². The Bertz CT molecular complexity index is 692. The highest BCUT2D eigenvalue weighted by atomic mass is 35.5. The van der Waals surface area contributed by atoms with Crippen LogP contribution in [0, 0.1) is 10.1 Å². The largest absolute Gasteiger partial charge is 0.491 e. The van der Waals surface area contributed by atoms with Crippen molar-refractivity contribution in [3.63, 3.8) is 0 Å². The smallest absolute Gasteiger partial charge is 0.271 e. The van der Waals surface area contributed by atoms with Crippen LogP contribution in [0.1, 0.15) is 11.5 Å². The number of nitro benzene ring substituents is 1. The Labute approximate surface area is 131 Å². The van der Waals surface area contributed by atoms with Gasteiger partial charge in [0.15, 0.2) is 0 Å². The molecule has 0 N–H and O–H groups in total. The minimum Gasteiger partial charge on any atom is -0.491 e. The molecule has 3 rings (SSSR count). The fourth-order valence-electron chi connectivity index (χ4n) is 2.28. The zero-order chi connectivity index (χ0) is 14.8. The molecule has 1 unspecified atom stereocenters. The lowest BCUT2D eigenvalue weighted by Gasteiger charge is -2.13. The second-order valence-corrected chi connectivity index (χ2v) is 6.20. The van der Waals surface area contributed by atoms with Crippen LogP contribution >= 0.6 is 23.4 Å². The van der Waals surface area contributed by atoms with Gasteiger partial charge in [0.25, 0.3) is 5.69 Å². The van der Waals surface area contributed by atoms with Crippen LogP contribution in [0.4, 0.5) is 5.69 Å². The molecular formula is C15H12ClNO3S. The van der Waals surface area contributed by atoms with Crippen molar-refractivity contribution < 1.29 is 9.66 Å². The predicted molar refractivity (Wildman–Crippen MR) is 83.5 cm³/mol. The van der Waals surface area contributed by atoms with Crippen molar-refractivity contribution in [2.45, 2.75) is 10.8 Å². The van der Waals surface area contributed by atoms with E-state index in [1.54, 1.807) is 6.07 Å². The van der Waals surface area contributed by atoms with E-state index in [9.17, 15) is 10.1 Å². The molecular weight excluding hydrogens is 310 g/mol. The SMILES string of the molecule is O=[N+]([O-])c1ccc(OCC2CSc3ccccc32)c(Cl)c1. The first-order chi connectivity index (χ1) is 10.1. The number of nitrogens with zero attached hydrogens (tertiary/aromatic N) is 1. The number of benzene rings is 2. The Hall–Kier alpha value is -1.72. The third-order valence-corrected chi connectivity index (χ3v) is 4.91. The molecule has 0 bridgehead atoms. The third kappa shape index (κ3) is 2.99. The molecule has 6 heteroatoms. The van der Waals surface area contributed by atoms with E-state index >= 15 is 0 Å². The lowest BCUT2D eigenvalue weighted by molar-refractivity contribution is -0.384. The van der Waals surface area contributed by atoms with Gasteiger partial charge < -0.3 is 4.74 Å². The first kappa shape index (κ1) is 14.2. The Kier molecular flexibility index (Phi) is 4.03. The maximum atomic E-state index is 10.7. The van der Waals surface area contributed by atoms with Gasteiger partial charge in [-0.2, -0.15) is 0 Å². The summed E-state index contributed by atoms with van der Waals surface area (Å²) in [7, 11) is 0. The van der Waals surface area contributed by atoms with Gasteiger partial charge in [-0.3, -0.25) is 10.1 Å². The molecule has 21 heavy (non-hydrogen) atoms. The van der Waals surface area contributed by atoms with Crippen molar-refractivity contribution in [1.29, 1.82) is 0 Å². The summed E-state index contributed by atoms with van der Waals surface area (Å²) in [4.78, 5) is 11.5. The third-order valence-electron chi connectivity index (χ3n) is 3.37. The van der Waals surface area contributed by atoms with E-state index in [4.69, 9.17) is 16.3 Å². The molecule has 1 aliphatic heterocycles. The Morgan fingerprint density at radius 3 is 2.90 bits per heavy atom. The number of hydrogen-bond acceptors (Lipinski definition) is 4. The molecule has 1 aliphatic rings. The predicted octanol–water partition coefficient (Wildman–Crippen LogP) is 4.52. The molecule has 0 saturated heterocycles. The van der Waals surface area contributed by atoms with Crippen LogP contribution in [0.15, 0.2) is 47.4 Å². The molecule has 1 atom stereocenters. The summed E-state index contributed by atoms with van der Waals surface area (Å²) in [5.41, 5.74) is 1.26. The van der Waals surface area contributed by atoms with Crippen molar-refractivity contribution in [3.05, 3.63) is 63.2 Å². The Morgan fingerprint density at radius 2 is 2.14 bits per heavy atom. The van der Waals surface area contributed by atoms with Gasteiger partial charge in [-0.1, -0.05) is 29.8 Å². The van der Waals surface area contributed by atoms with Gasteiger partial charge in [0.1, 0.15) is 5.75 Å². The highest BCUT2D eigenvalue weighted by Gasteiger charge is 2.23. The highest BCUT2D eigenvalue weighted by Crippen LogP contribution is 2.40. The van der Waals surface area contributed by atoms with Crippen LogP contribution in [0.2, 0.25) is 5.02 Å². The van der Waals surface area contributed by atoms with E-state index in [0.717, 1.165) is 5.75 Å². The molecule has 0 aliphatic carbocycles. The fourth-order valence-corrected chi connectivity index (χ4v) is 3.74. The number of halogens is 1. The van der Waals surface area contributed by atoms with Crippen LogP contribution in [0.5, 0.6) is 5.75 Å². The minimum atomic E-state index is -0.473. The fraction of sp³-hybridized carbons (Fsp3) is 0.200. The van der Waals surface area contributed by atoms with Crippen molar-refractivity contribution in [1.82, 2.24) is 0 Å². The van der Waals surface area contributed by atoms with Crippen molar-refractivity contribution >= 4 is 29.1 Å². The normalized spacial score (nSPS) is 16.5. The molecule has 0 radical (unpaired) electrons. The van der Waals surface area contributed by atoms with Gasteiger partial charge in [-0.15, -0.1) is 11.8 Å². The van der Waals surface area contributed by atoms with E-state index in [2.05, 4.69) is 12.1 Å². The molecule has 2 aromatic rings. The summed E-state index contributed by atoms with van der Waals surface area (Å²) in [6.45, 7) is 0.515. The number of nitro groups is 1. The van der Waals surface area contributed by atoms with Crippen LogP contribution in [-0.2, 0) is 0 Å². The first-order valence-corrected chi connectivity index (χ1v) is 7.80. The Balaban J connectivity index is 1.70. The van der Waals surface area contributed by atoms with Crippen molar-refractivity contribution in [3.8, 4) is 5.75 Å². The number of fused-ring (bicyclic) bond motifs is 1. The second kappa shape index (κ2) is 5.95. The van der Waals surface area contributed by atoms with Gasteiger partial charge in [0, 0.05) is 28.7 Å². The van der Waals surface area contributed by atoms with Gasteiger partial charge in [0.05, 0.1) is 16.6 Å². The van der Waals surface area contributed by atoms with Gasteiger partial charge >= 0.3 is 0 Å². The maximum absolute atomic E-state index is 10.7. The number of thioether (sulfide) groups is 1. The monoisotopic (exact) mass is 321 g/mol. The molecule has 2 aromatic carbocycles.